The number of carbonyl (C=O) groups is 2. The number of carbonyl (C=O) groups excluding carboxylic acids is 2. The van der Waals surface area contributed by atoms with Crippen LogP contribution in [-0.2, 0) is 4.79 Å². The molecule has 4 nitrogen and oxygen atoms in total. The molecule has 3 rings (SSSR count). The van der Waals surface area contributed by atoms with Gasteiger partial charge in [-0.3, -0.25) is 9.59 Å². The van der Waals surface area contributed by atoms with Crippen molar-refractivity contribution >= 4 is 23.1 Å². The summed E-state index contributed by atoms with van der Waals surface area (Å²) in [5.41, 5.74) is 2.25. The maximum absolute atomic E-state index is 11.6. The second-order valence-electron chi connectivity index (χ2n) is 5.66. The molecule has 1 fully saturated rings. The van der Waals surface area contributed by atoms with Gasteiger partial charge in [0.15, 0.2) is 0 Å². The Kier molecular flexibility index (Phi) is 2.81. The normalized spacial score (nSPS) is 22.1. The summed E-state index contributed by atoms with van der Waals surface area (Å²) in [5.74, 6) is -0.343. The third kappa shape index (κ3) is 1.91. The number of rotatable bonds is 2. The Morgan fingerprint density at radius 3 is 2.84 bits per heavy atom. The first kappa shape index (κ1) is 12.2. The second-order valence-corrected chi connectivity index (χ2v) is 5.66. The summed E-state index contributed by atoms with van der Waals surface area (Å²) >= 11 is 0. The number of fused-ring (bicyclic) bond motifs is 1. The molecule has 1 unspecified atom stereocenters. The van der Waals surface area contributed by atoms with Gasteiger partial charge in [0.1, 0.15) is 0 Å². The van der Waals surface area contributed by atoms with E-state index < -0.39 is 11.7 Å². The van der Waals surface area contributed by atoms with Crippen molar-refractivity contribution in [1.29, 1.82) is 0 Å². The zero-order valence-electron chi connectivity index (χ0n) is 11.3. The Bertz CT molecular complexity index is 551. The monoisotopic (exact) mass is 258 g/mol. The van der Waals surface area contributed by atoms with Crippen LogP contribution in [0, 0.1) is 5.92 Å². The predicted molar refractivity (Wildman–Crippen MR) is 74.6 cm³/mol. The summed E-state index contributed by atoms with van der Waals surface area (Å²) in [7, 11) is 0. The fourth-order valence-corrected chi connectivity index (χ4v) is 3.12. The average Bonchev–Trinajstić information content (AvgIpc) is 2.95. The summed E-state index contributed by atoms with van der Waals surface area (Å²) in [6, 6.07) is 6.20. The first-order valence-electron chi connectivity index (χ1n) is 6.84. The van der Waals surface area contributed by atoms with Gasteiger partial charge < -0.3 is 10.2 Å². The minimum absolute atomic E-state index is 0.427. The fourth-order valence-electron chi connectivity index (χ4n) is 3.12. The van der Waals surface area contributed by atoms with Gasteiger partial charge in [-0.1, -0.05) is 13.8 Å². The zero-order valence-corrected chi connectivity index (χ0v) is 11.3. The highest BCUT2D eigenvalue weighted by atomic mass is 16.2. The molecule has 19 heavy (non-hydrogen) atoms. The van der Waals surface area contributed by atoms with Gasteiger partial charge in [0.2, 0.25) is 0 Å². The Balaban J connectivity index is 1.93. The van der Waals surface area contributed by atoms with Crippen LogP contribution < -0.4 is 10.2 Å². The van der Waals surface area contributed by atoms with Crippen LogP contribution in [0.4, 0.5) is 11.4 Å². The predicted octanol–water partition coefficient (Wildman–Crippen LogP) is 2.45. The van der Waals surface area contributed by atoms with Crippen LogP contribution in [0.1, 0.15) is 37.0 Å². The standard InChI is InChI=1S/C15H18N2O2/c1-9(2)13-4-3-7-17(13)10-5-6-11-12(8-10)16-15(19)14(11)18/h5-6,8-9,13H,3-4,7H2,1-2H3,(H,16,18,19). The van der Waals surface area contributed by atoms with E-state index in [9.17, 15) is 9.59 Å². The number of Topliss-reactive ketones (excluding diaryl/α,β-unsaturated/α-hetero) is 1. The van der Waals surface area contributed by atoms with Crippen molar-refractivity contribution in [1.82, 2.24) is 0 Å². The van der Waals surface area contributed by atoms with Gasteiger partial charge in [-0.05, 0) is 37.0 Å². The average molecular weight is 258 g/mol. The lowest BCUT2D eigenvalue weighted by molar-refractivity contribution is -0.112. The fraction of sp³-hybridized carbons (Fsp3) is 0.467. The Hall–Kier alpha value is -1.84. The number of ketones is 1. The smallest absolute Gasteiger partial charge is 0.296 e. The number of hydrogen-bond acceptors (Lipinski definition) is 3. The highest BCUT2D eigenvalue weighted by Crippen LogP contribution is 2.34. The van der Waals surface area contributed by atoms with Gasteiger partial charge in [0.05, 0.1) is 11.3 Å². The second kappa shape index (κ2) is 4.37. The Labute approximate surface area is 112 Å². The van der Waals surface area contributed by atoms with Gasteiger partial charge in [-0.25, -0.2) is 0 Å². The number of nitrogens with one attached hydrogen (secondary N) is 1. The molecule has 0 aliphatic carbocycles. The van der Waals surface area contributed by atoms with E-state index in [2.05, 4.69) is 24.1 Å². The molecular formula is C15H18N2O2. The Morgan fingerprint density at radius 1 is 1.32 bits per heavy atom. The molecule has 1 N–H and O–H groups in total. The van der Waals surface area contributed by atoms with Gasteiger partial charge in [-0.15, -0.1) is 0 Å². The lowest BCUT2D eigenvalue weighted by Gasteiger charge is -2.30. The van der Waals surface area contributed by atoms with E-state index in [1.165, 1.54) is 12.8 Å². The number of amides is 1. The van der Waals surface area contributed by atoms with Gasteiger partial charge in [-0.2, -0.15) is 0 Å². The van der Waals surface area contributed by atoms with Gasteiger partial charge >= 0.3 is 0 Å². The molecule has 4 heteroatoms. The maximum Gasteiger partial charge on any atom is 0.296 e. The zero-order chi connectivity index (χ0) is 13.6. The molecule has 0 saturated carbocycles. The summed E-state index contributed by atoms with van der Waals surface area (Å²) in [6.45, 7) is 5.52. The lowest BCUT2D eigenvalue weighted by Crippen LogP contribution is -2.33. The Morgan fingerprint density at radius 2 is 2.11 bits per heavy atom. The summed E-state index contributed by atoms with van der Waals surface area (Å²) in [4.78, 5) is 25.3. The number of anilines is 2. The van der Waals surface area contributed by atoms with Crippen LogP contribution in [0.3, 0.4) is 0 Å². The molecule has 100 valence electrons. The van der Waals surface area contributed by atoms with Crippen LogP contribution >= 0.6 is 0 Å². The molecule has 2 aliphatic heterocycles. The van der Waals surface area contributed by atoms with E-state index in [-0.39, 0.29) is 0 Å². The third-order valence-corrected chi connectivity index (χ3v) is 4.10. The summed E-state index contributed by atoms with van der Waals surface area (Å²) in [6.07, 6.45) is 2.41. The molecular weight excluding hydrogens is 240 g/mol. The first-order chi connectivity index (χ1) is 9.08. The van der Waals surface area contributed by atoms with Crippen molar-refractivity contribution in [2.75, 3.05) is 16.8 Å². The van der Waals surface area contributed by atoms with Crippen molar-refractivity contribution in [3.8, 4) is 0 Å². The molecule has 2 aliphatic rings. The number of benzene rings is 1. The van der Waals surface area contributed by atoms with Crippen molar-refractivity contribution < 1.29 is 9.59 Å². The molecule has 1 aromatic rings. The van der Waals surface area contributed by atoms with Crippen molar-refractivity contribution in [3.05, 3.63) is 23.8 Å². The number of hydrogen-bond donors (Lipinski definition) is 1. The van der Waals surface area contributed by atoms with E-state index in [4.69, 9.17) is 0 Å². The molecule has 2 heterocycles. The van der Waals surface area contributed by atoms with Crippen molar-refractivity contribution in [2.24, 2.45) is 5.92 Å². The molecule has 0 radical (unpaired) electrons. The van der Waals surface area contributed by atoms with Crippen LogP contribution in [0.2, 0.25) is 0 Å². The SMILES string of the molecule is CC(C)C1CCCN1c1ccc2c(c1)NC(=O)C2=O. The lowest BCUT2D eigenvalue weighted by atomic mass is 10.0. The quantitative estimate of drug-likeness (QED) is 0.829. The van der Waals surface area contributed by atoms with Crippen molar-refractivity contribution in [3.63, 3.8) is 0 Å². The van der Waals surface area contributed by atoms with Crippen LogP contribution in [-0.4, -0.2) is 24.3 Å². The van der Waals surface area contributed by atoms with Gasteiger partial charge in [0, 0.05) is 18.3 Å². The summed E-state index contributed by atoms with van der Waals surface area (Å²) in [5, 5.41) is 2.64. The van der Waals surface area contributed by atoms with Crippen LogP contribution in [0.5, 0.6) is 0 Å². The van der Waals surface area contributed by atoms with Crippen molar-refractivity contribution in [2.45, 2.75) is 32.7 Å². The molecule has 0 aromatic heterocycles. The van der Waals surface area contributed by atoms with Crippen LogP contribution in [0.15, 0.2) is 18.2 Å². The number of nitrogens with zero attached hydrogens (tertiary/aromatic N) is 1. The van der Waals surface area contributed by atoms with Gasteiger partial charge in [0.25, 0.3) is 11.7 Å². The minimum Gasteiger partial charge on any atom is -0.368 e. The highest BCUT2D eigenvalue weighted by Gasteiger charge is 2.31. The topological polar surface area (TPSA) is 49.4 Å². The van der Waals surface area contributed by atoms with E-state index in [0.717, 1.165) is 12.2 Å². The molecule has 0 bridgehead atoms. The molecule has 1 atom stereocenters. The van der Waals surface area contributed by atoms with Crippen LogP contribution in [0.25, 0.3) is 0 Å². The molecule has 0 spiro atoms. The maximum atomic E-state index is 11.6. The highest BCUT2D eigenvalue weighted by molar-refractivity contribution is 6.51. The van der Waals surface area contributed by atoms with E-state index >= 15 is 0 Å². The minimum atomic E-state index is -0.519. The first-order valence-corrected chi connectivity index (χ1v) is 6.84. The molecule has 1 aromatic carbocycles. The van der Waals surface area contributed by atoms with E-state index in [1.54, 1.807) is 6.07 Å². The molecule has 1 saturated heterocycles. The molecule has 1 amide bonds. The van der Waals surface area contributed by atoms with E-state index in [0.29, 0.717) is 23.2 Å². The summed E-state index contributed by atoms with van der Waals surface area (Å²) < 4.78 is 0. The van der Waals surface area contributed by atoms with E-state index in [1.807, 2.05) is 12.1 Å². The third-order valence-electron chi connectivity index (χ3n) is 4.10. The largest absolute Gasteiger partial charge is 0.368 e.